The number of hydrogen-bond donors (Lipinski definition) is 0. The van der Waals surface area contributed by atoms with Gasteiger partial charge in [0.2, 0.25) is 0 Å². The molecule has 2 heteroatoms. The van der Waals surface area contributed by atoms with Crippen molar-refractivity contribution in [2.24, 2.45) is 5.92 Å². The molecule has 0 saturated heterocycles. The number of thioether (sulfide) groups is 1. The Morgan fingerprint density at radius 2 is 2.10 bits per heavy atom. The van der Waals surface area contributed by atoms with Crippen LogP contribution in [0.25, 0.3) is 0 Å². The number of rotatable bonds is 3. The van der Waals surface area contributed by atoms with Crippen LogP contribution in [0.15, 0.2) is 22.4 Å². The minimum atomic E-state index is 0.551. The van der Waals surface area contributed by atoms with Crippen molar-refractivity contribution in [2.45, 2.75) is 20.8 Å². The summed E-state index contributed by atoms with van der Waals surface area (Å²) in [5.74, 6) is 0.551. The van der Waals surface area contributed by atoms with E-state index in [1.54, 1.807) is 11.8 Å². The lowest BCUT2D eigenvalue weighted by Crippen LogP contribution is -1.88. The van der Waals surface area contributed by atoms with Crippen molar-refractivity contribution in [1.29, 1.82) is 0 Å². The van der Waals surface area contributed by atoms with Gasteiger partial charge in [0.25, 0.3) is 0 Å². The molecule has 0 bridgehead atoms. The summed E-state index contributed by atoms with van der Waals surface area (Å²) >= 11 is 1.55. The van der Waals surface area contributed by atoms with Crippen molar-refractivity contribution in [3.05, 3.63) is 22.4 Å². The lowest BCUT2D eigenvalue weighted by Gasteiger charge is -2.09. The zero-order valence-corrected chi connectivity index (χ0v) is 7.66. The Hall–Kier alpha value is -0.105. The molecule has 0 saturated carbocycles. The summed E-state index contributed by atoms with van der Waals surface area (Å²) in [7, 11) is 5.43. The van der Waals surface area contributed by atoms with E-state index in [1.807, 2.05) is 6.92 Å². The van der Waals surface area contributed by atoms with Crippen LogP contribution < -0.4 is 0 Å². The summed E-state index contributed by atoms with van der Waals surface area (Å²) in [6, 6.07) is 0. The van der Waals surface area contributed by atoms with Gasteiger partial charge in [0.15, 0.2) is 0 Å². The van der Waals surface area contributed by atoms with E-state index in [-0.39, 0.29) is 0 Å². The zero-order chi connectivity index (χ0) is 8.15. The highest BCUT2D eigenvalue weighted by molar-refractivity contribution is 8.08. The second kappa shape index (κ2) is 4.67. The quantitative estimate of drug-likeness (QED) is 0.560. The highest BCUT2D eigenvalue weighted by Crippen LogP contribution is 2.27. The lowest BCUT2D eigenvalue weighted by atomic mass is 10.2. The highest BCUT2D eigenvalue weighted by atomic mass is 32.2. The molecule has 0 spiro atoms. The Kier molecular flexibility index (Phi) is 4.62. The first-order valence-corrected chi connectivity index (χ1v) is 4.18. The van der Waals surface area contributed by atoms with Gasteiger partial charge in [-0.1, -0.05) is 31.3 Å². The van der Waals surface area contributed by atoms with Crippen LogP contribution in [0, 0.1) is 5.92 Å². The SMILES string of the molecule is [B]C(=C)S/C(=C\C)C(C)C. The van der Waals surface area contributed by atoms with Gasteiger partial charge in [0, 0.05) is 0 Å². The molecule has 0 nitrogen and oxygen atoms in total. The first-order chi connectivity index (χ1) is 4.57. The van der Waals surface area contributed by atoms with Gasteiger partial charge in [-0.2, -0.15) is 0 Å². The molecular formula is C8H13BS. The van der Waals surface area contributed by atoms with Gasteiger partial charge in [0.1, 0.15) is 7.85 Å². The maximum absolute atomic E-state index is 5.43. The normalized spacial score (nSPS) is 12.2. The third-order valence-corrected chi connectivity index (χ3v) is 2.31. The van der Waals surface area contributed by atoms with Crippen LogP contribution in [0.1, 0.15) is 20.8 Å². The van der Waals surface area contributed by atoms with Crippen LogP contribution in [-0.2, 0) is 0 Å². The Bertz CT molecular complexity index is 147. The van der Waals surface area contributed by atoms with Gasteiger partial charge in [-0.05, 0) is 17.7 Å². The van der Waals surface area contributed by atoms with Crippen LogP contribution in [0.2, 0.25) is 0 Å². The second-order valence-corrected chi connectivity index (χ2v) is 3.61. The Labute approximate surface area is 69.2 Å². The Morgan fingerprint density at radius 1 is 1.60 bits per heavy atom. The minimum Gasteiger partial charge on any atom is -0.111 e. The third-order valence-electron chi connectivity index (χ3n) is 1.10. The average molecular weight is 152 g/mol. The molecule has 2 radical (unpaired) electrons. The van der Waals surface area contributed by atoms with E-state index in [4.69, 9.17) is 7.85 Å². The van der Waals surface area contributed by atoms with Crippen molar-refractivity contribution in [3.63, 3.8) is 0 Å². The molecular weight excluding hydrogens is 139 g/mol. The molecule has 0 amide bonds. The molecule has 0 aliphatic carbocycles. The van der Waals surface area contributed by atoms with Gasteiger partial charge in [0.05, 0.1) is 0 Å². The molecule has 0 N–H and O–H groups in total. The minimum absolute atomic E-state index is 0.551. The van der Waals surface area contributed by atoms with Crippen LogP contribution in [0.3, 0.4) is 0 Å². The van der Waals surface area contributed by atoms with Crippen molar-refractivity contribution in [1.82, 2.24) is 0 Å². The lowest BCUT2D eigenvalue weighted by molar-refractivity contribution is 0.815. The summed E-state index contributed by atoms with van der Waals surface area (Å²) in [6.07, 6.45) is 2.08. The van der Waals surface area contributed by atoms with E-state index in [2.05, 4.69) is 26.5 Å². The molecule has 0 aromatic heterocycles. The molecule has 0 aliphatic rings. The topological polar surface area (TPSA) is 0 Å². The van der Waals surface area contributed by atoms with Crippen molar-refractivity contribution >= 4 is 19.6 Å². The van der Waals surface area contributed by atoms with Crippen LogP contribution in [0.4, 0.5) is 0 Å². The standard InChI is InChI=1S/C8H13BS/c1-5-8(6(2)3)10-7(4)9/h5-6H,4H2,1-3H3/b8-5-. The smallest absolute Gasteiger partial charge is 0.111 e. The summed E-state index contributed by atoms with van der Waals surface area (Å²) < 4.78 is 0. The fourth-order valence-corrected chi connectivity index (χ4v) is 1.32. The molecule has 0 heterocycles. The zero-order valence-electron chi connectivity index (χ0n) is 6.85. The molecule has 10 heavy (non-hydrogen) atoms. The molecule has 0 aromatic rings. The van der Waals surface area contributed by atoms with E-state index in [0.717, 1.165) is 0 Å². The molecule has 54 valence electrons. The monoisotopic (exact) mass is 152 g/mol. The van der Waals surface area contributed by atoms with Crippen molar-refractivity contribution < 1.29 is 0 Å². The summed E-state index contributed by atoms with van der Waals surface area (Å²) in [4.78, 5) is 1.95. The van der Waals surface area contributed by atoms with E-state index in [0.29, 0.717) is 10.7 Å². The largest absolute Gasteiger partial charge is 0.123 e. The van der Waals surface area contributed by atoms with Gasteiger partial charge >= 0.3 is 0 Å². The summed E-state index contributed by atoms with van der Waals surface area (Å²) in [5.41, 5.74) is 0. The van der Waals surface area contributed by atoms with Gasteiger partial charge < -0.3 is 0 Å². The molecule has 0 rings (SSSR count). The number of hydrogen-bond acceptors (Lipinski definition) is 1. The first kappa shape index (κ1) is 9.89. The highest BCUT2D eigenvalue weighted by Gasteiger charge is 2.01. The molecule has 0 aromatic carbocycles. The molecule has 0 fully saturated rings. The van der Waals surface area contributed by atoms with Gasteiger partial charge in [-0.25, -0.2) is 0 Å². The fraction of sp³-hybridized carbons (Fsp3) is 0.500. The molecule has 0 unspecified atom stereocenters. The number of allylic oxidation sites excluding steroid dienone is 2. The van der Waals surface area contributed by atoms with E-state index < -0.39 is 0 Å². The van der Waals surface area contributed by atoms with E-state index in [1.165, 1.54) is 4.91 Å². The predicted molar refractivity (Wildman–Crippen MR) is 51.1 cm³/mol. The molecule has 0 aliphatic heterocycles. The Morgan fingerprint density at radius 3 is 2.20 bits per heavy atom. The third kappa shape index (κ3) is 3.83. The van der Waals surface area contributed by atoms with Crippen LogP contribution in [-0.4, -0.2) is 7.85 Å². The fourth-order valence-electron chi connectivity index (χ4n) is 0.661. The van der Waals surface area contributed by atoms with E-state index in [9.17, 15) is 0 Å². The Balaban J connectivity index is 3.99. The van der Waals surface area contributed by atoms with Gasteiger partial charge in [-0.15, -0.1) is 11.8 Å². The maximum atomic E-state index is 5.43. The predicted octanol–water partition coefficient (Wildman–Crippen LogP) is 2.92. The maximum Gasteiger partial charge on any atom is 0.123 e. The van der Waals surface area contributed by atoms with Gasteiger partial charge in [-0.3, -0.25) is 0 Å². The van der Waals surface area contributed by atoms with Crippen molar-refractivity contribution in [2.75, 3.05) is 0 Å². The van der Waals surface area contributed by atoms with E-state index >= 15 is 0 Å². The average Bonchev–Trinajstić information content (AvgIpc) is 1.81. The van der Waals surface area contributed by atoms with Crippen molar-refractivity contribution in [3.8, 4) is 0 Å². The first-order valence-electron chi connectivity index (χ1n) is 3.36. The van der Waals surface area contributed by atoms with Crippen LogP contribution in [0.5, 0.6) is 0 Å². The summed E-state index contributed by atoms with van der Waals surface area (Å²) in [5, 5.41) is 0. The second-order valence-electron chi connectivity index (χ2n) is 2.41. The summed E-state index contributed by atoms with van der Waals surface area (Å²) in [6.45, 7) is 9.93. The van der Waals surface area contributed by atoms with Crippen LogP contribution >= 0.6 is 11.8 Å². The molecule has 0 atom stereocenters.